The first kappa shape index (κ1) is 12.7. The number of halogens is 1. The van der Waals surface area contributed by atoms with Crippen LogP contribution in [0.3, 0.4) is 0 Å². The predicted molar refractivity (Wildman–Crippen MR) is 74.9 cm³/mol. The third-order valence-electron chi connectivity index (χ3n) is 2.76. The van der Waals surface area contributed by atoms with Gasteiger partial charge in [-0.05, 0) is 28.1 Å². The summed E-state index contributed by atoms with van der Waals surface area (Å²) in [4.78, 5) is 20.8. The van der Waals surface area contributed by atoms with Crippen LogP contribution in [-0.2, 0) is 0 Å². The lowest BCUT2D eigenvalue weighted by atomic mass is 10.1. The van der Waals surface area contributed by atoms with Crippen LogP contribution in [-0.4, -0.2) is 32.5 Å². The molecule has 0 spiro atoms. The number of fused-ring (bicyclic) bond motifs is 1. The molecule has 0 aliphatic heterocycles. The summed E-state index contributed by atoms with van der Waals surface area (Å²) in [6, 6.07) is 8.58. The monoisotopic (exact) mass is 332 g/mol. The van der Waals surface area contributed by atoms with Crippen molar-refractivity contribution in [2.75, 3.05) is 7.11 Å². The molecule has 0 aliphatic rings. The minimum atomic E-state index is -0.244. The fourth-order valence-electron chi connectivity index (χ4n) is 1.84. The quantitative estimate of drug-likeness (QED) is 0.687. The molecule has 3 aromatic rings. The first-order valence-electron chi connectivity index (χ1n) is 5.75. The second kappa shape index (κ2) is 5.01. The fraction of sp³-hybridized carbons (Fsp3) is 0.0769. The van der Waals surface area contributed by atoms with Crippen LogP contribution in [0.15, 0.2) is 41.3 Å². The molecule has 20 heavy (non-hydrogen) atoms. The molecule has 100 valence electrons. The van der Waals surface area contributed by atoms with Gasteiger partial charge in [0.05, 0.1) is 7.11 Å². The van der Waals surface area contributed by atoms with Crippen molar-refractivity contribution >= 4 is 27.4 Å². The Bertz CT molecular complexity index is 800. The largest absolute Gasteiger partial charge is 0.497 e. The molecule has 2 heterocycles. The molecule has 0 atom stereocenters. The zero-order valence-corrected chi connectivity index (χ0v) is 12.0. The lowest BCUT2D eigenvalue weighted by Gasteiger charge is -2.04. The van der Waals surface area contributed by atoms with E-state index in [1.807, 2.05) is 0 Å². The Kier molecular flexibility index (Phi) is 3.19. The number of aromatic nitrogens is 4. The van der Waals surface area contributed by atoms with E-state index < -0.39 is 0 Å². The van der Waals surface area contributed by atoms with E-state index in [1.54, 1.807) is 37.4 Å². The molecule has 2 aromatic heterocycles. The summed E-state index contributed by atoms with van der Waals surface area (Å²) in [7, 11) is 1.55. The van der Waals surface area contributed by atoms with E-state index in [2.05, 4.69) is 31.0 Å². The normalized spacial score (nSPS) is 10.7. The Hall–Kier alpha value is -2.28. The topological polar surface area (TPSA) is 69.4 Å². The molecule has 0 bridgehead atoms. The lowest BCUT2D eigenvalue weighted by molar-refractivity contribution is 0.102. The van der Waals surface area contributed by atoms with Crippen LogP contribution in [0.5, 0.6) is 5.75 Å². The van der Waals surface area contributed by atoms with Crippen molar-refractivity contribution < 1.29 is 9.53 Å². The average molecular weight is 333 g/mol. The molecule has 0 fully saturated rings. The van der Waals surface area contributed by atoms with Gasteiger partial charge in [-0.15, -0.1) is 5.10 Å². The number of hydrogen-bond acceptors (Lipinski definition) is 5. The van der Waals surface area contributed by atoms with Gasteiger partial charge in [0.25, 0.3) is 0 Å². The maximum atomic E-state index is 12.5. The molecule has 0 aliphatic carbocycles. The third kappa shape index (κ3) is 2.16. The highest BCUT2D eigenvalue weighted by Crippen LogP contribution is 2.16. The van der Waals surface area contributed by atoms with Crippen LogP contribution < -0.4 is 4.74 Å². The summed E-state index contributed by atoms with van der Waals surface area (Å²) in [5.41, 5.74) is 1.04. The average Bonchev–Trinajstić information content (AvgIpc) is 2.86. The van der Waals surface area contributed by atoms with E-state index in [0.717, 1.165) is 0 Å². The Labute approximate surface area is 122 Å². The Morgan fingerprint density at radius 3 is 3.00 bits per heavy atom. The van der Waals surface area contributed by atoms with E-state index in [1.165, 1.54) is 10.7 Å². The minimum absolute atomic E-state index is 0.203. The SMILES string of the molecule is COc1cccc(C(=O)c2nccc3nc(Br)nn23)c1. The van der Waals surface area contributed by atoms with E-state index in [9.17, 15) is 4.79 Å². The summed E-state index contributed by atoms with van der Waals surface area (Å²) in [5.74, 6) is 0.573. The zero-order chi connectivity index (χ0) is 14.1. The van der Waals surface area contributed by atoms with Crippen molar-refractivity contribution in [3.8, 4) is 5.75 Å². The number of nitrogens with zero attached hydrogens (tertiary/aromatic N) is 4. The molecule has 0 amide bonds. The second-order valence-corrected chi connectivity index (χ2v) is 4.69. The molecule has 0 radical (unpaired) electrons. The number of rotatable bonds is 3. The van der Waals surface area contributed by atoms with E-state index >= 15 is 0 Å². The molecule has 7 heteroatoms. The molecule has 3 rings (SSSR count). The summed E-state index contributed by atoms with van der Waals surface area (Å²) >= 11 is 3.18. The van der Waals surface area contributed by atoms with Crippen LogP contribution >= 0.6 is 15.9 Å². The Balaban J connectivity index is 2.12. The van der Waals surface area contributed by atoms with Gasteiger partial charge in [0.15, 0.2) is 5.65 Å². The van der Waals surface area contributed by atoms with Gasteiger partial charge in [-0.2, -0.15) is 4.52 Å². The maximum Gasteiger partial charge on any atom is 0.230 e. The van der Waals surface area contributed by atoms with Gasteiger partial charge in [-0.25, -0.2) is 9.97 Å². The van der Waals surface area contributed by atoms with Crippen molar-refractivity contribution in [1.29, 1.82) is 0 Å². The highest BCUT2D eigenvalue weighted by molar-refractivity contribution is 9.10. The molecule has 0 N–H and O–H groups in total. The first-order chi connectivity index (χ1) is 9.69. The van der Waals surface area contributed by atoms with Gasteiger partial charge in [-0.3, -0.25) is 4.79 Å². The van der Waals surface area contributed by atoms with Crippen LogP contribution in [0, 0.1) is 0 Å². The standard InChI is InChI=1S/C13H9BrN4O2/c1-20-9-4-2-3-8(7-9)11(19)12-15-6-5-10-16-13(14)17-18(10)12/h2-7H,1H3. The summed E-state index contributed by atoms with van der Waals surface area (Å²) in [6.07, 6.45) is 1.53. The highest BCUT2D eigenvalue weighted by atomic mass is 79.9. The summed E-state index contributed by atoms with van der Waals surface area (Å²) < 4.78 is 6.93. The third-order valence-corrected chi connectivity index (χ3v) is 3.10. The minimum Gasteiger partial charge on any atom is -0.497 e. The van der Waals surface area contributed by atoms with Gasteiger partial charge in [0.2, 0.25) is 16.3 Å². The van der Waals surface area contributed by atoms with Crippen LogP contribution in [0.25, 0.3) is 5.65 Å². The smallest absolute Gasteiger partial charge is 0.230 e. The van der Waals surface area contributed by atoms with Crippen molar-refractivity contribution in [2.24, 2.45) is 0 Å². The number of carbonyl (C=O) groups excluding carboxylic acids is 1. The number of methoxy groups -OCH3 is 1. The van der Waals surface area contributed by atoms with Crippen molar-refractivity contribution in [2.45, 2.75) is 0 Å². The first-order valence-corrected chi connectivity index (χ1v) is 6.54. The Morgan fingerprint density at radius 1 is 1.35 bits per heavy atom. The number of ketones is 1. The van der Waals surface area contributed by atoms with E-state index in [-0.39, 0.29) is 11.6 Å². The summed E-state index contributed by atoms with van der Waals surface area (Å²) in [6.45, 7) is 0. The molecule has 0 saturated carbocycles. The highest BCUT2D eigenvalue weighted by Gasteiger charge is 2.16. The van der Waals surface area contributed by atoms with Gasteiger partial charge in [0.1, 0.15) is 5.75 Å². The molecular weight excluding hydrogens is 324 g/mol. The zero-order valence-electron chi connectivity index (χ0n) is 10.4. The van der Waals surface area contributed by atoms with Crippen molar-refractivity contribution in [3.05, 3.63) is 52.7 Å². The molecule has 0 unspecified atom stereocenters. The van der Waals surface area contributed by atoms with Crippen LogP contribution in [0.4, 0.5) is 0 Å². The lowest BCUT2D eigenvalue weighted by Crippen LogP contribution is -2.11. The van der Waals surface area contributed by atoms with E-state index in [0.29, 0.717) is 21.7 Å². The number of carbonyl (C=O) groups is 1. The molecule has 6 nitrogen and oxygen atoms in total. The molecule has 1 aromatic carbocycles. The van der Waals surface area contributed by atoms with Gasteiger partial charge >= 0.3 is 0 Å². The summed E-state index contributed by atoms with van der Waals surface area (Å²) in [5, 5.41) is 4.11. The van der Waals surface area contributed by atoms with Gasteiger partial charge in [0, 0.05) is 17.8 Å². The predicted octanol–water partition coefficient (Wildman–Crippen LogP) is 2.13. The second-order valence-electron chi connectivity index (χ2n) is 3.98. The van der Waals surface area contributed by atoms with Crippen LogP contribution in [0.2, 0.25) is 0 Å². The number of ether oxygens (including phenoxy) is 1. The Morgan fingerprint density at radius 2 is 2.20 bits per heavy atom. The van der Waals surface area contributed by atoms with Crippen molar-refractivity contribution in [3.63, 3.8) is 0 Å². The van der Waals surface area contributed by atoms with Crippen LogP contribution in [0.1, 0.15) is 16.2 Å². The van der Waals surface area contributed by atoms with Gasteiger partial charge < -0.3 is 4.74 Å². The van der Waals surface area contributed by atoms with E-state index in [4.69, 9.17) is 4.74 Å². The number of hydrogen-bond donors (Lipinski definition) is 0. The van der Waals surface area contributed by atoms with Gasteiger partial charge in [-0.1, -0.05) is 12.1 Å². The number of benzene rings is 1. The fourth-order valence-corrected chi connectivity index (χ4v) is 2.18. The molecule has 0 saturated heterocycles. The molecular formula is C13H9BrN4O2. The van der Waals surface area contributed by atoms with Crippen molar-refractivity contribution in [1.82, 2.24) is 19.6 Å². The maximum absolute atomic E-state index is 12.5.